The van der Waals surface area contributed by atoms with Crippen LogP contribution in [0.25, 0.3) is 0 Å². The number of fused-ring (bicyclic) bond motifs is 1. The van der Waals surface area contributed by atoms with Crippen LogP contribution in [-0.2, 0) is 32.3 Å². The third kappa shape index (κ3) is 8.83. The van der Waals surface area contributed by atoms with E-state index in [4.69, 9.17) is 10.6 Å². The molecule has 49 heavy (non-hydrogen) atoms. The molecule has 20 heteroatoms. The number of nitrogens with two attached hydrogens (primary N) is 1. The van der Waals surface area contributed by atoms with E-state index in [0.717, 1.165) is 57.0 Å². The Hall–Kier alpha value is -3.04. The molecular formula is C29H34N11NaO5S3. The van der Waals surface area contributed by atoms with Gasteiger partial charge in [0.15, 0.2) is 10.8 Å². The van der Waals surface area contributed by atoms with E-state index < -0.39 is 29.2 Å². The zero-order valence-corrected chi connectivity index (χ0v) is 31.5. The summed E-state index contributed by atoms with van der Waals surface area (Å²) >= 11 is 3.78. The Labute approximate surface area is 317 Å². The number of carboxylic acids is 1. The molecule has 5 heterocycles. The number of aryl methyl sites for hydroxylation is 1. The molecule has 254 valence electrons. The van der Waals surface area contributed by atoms with Crippen LogP contribution in [0.1, 0.15) is 17.7 Å². The molecule has 1 aromatic carbocycles. The Morgan fingerprint density at radius 1 is 1.16 bits per heavy atom. The van der Waals surface area contributed by atoms with Crippen molar-refractivity contribution in [2.24, 2.45) is 5.16 Å². The van der Waals surface area contributed by atoms with Gasteiger partial charge in [0.1, 0.15) is 24.2 Å². The summed E-state index contributed by atoms with van der Waals surface area (Å²) in [6.07, 6.45) is 0.865. The van der Waals surface area contributed by atoms with E-state index in [1.807, 2.05) is 6.07 Å². The van der Waals surface area contributed by atoms with E-state index in [2.05, 4.69) is 65.0 Å². The van der Waals surface area contributed by atoms with Gasteiger partial charge in [-0.05, 0) is 28.0 Å². The number of amides is 2. The van der Waals surface area contributed by atoms with Crippen LogP contribution in [0, 0.1) is 0 Å². The molecule has 2 atom stereocenters. The SMILES string of the molecule is CON=C(C(=O)NC1C(=O)N2C(C(=O)[O-])=C(CSc3nnnn3CCCN3CCN(Cc4ccccc4)CC3)CS[C@@H]12)c1csc(N)n1.[Na+]. The Bertz CT molecular complexity index is 1700. The van der Waals surface area contributed by atoms with E-state index in [1.165, 1.54) is 41.1 Å². The molecule has 6 rings (SSSR count). The molecule has 0 aliphatic carbocycles. The van der Waals surface area contributed by atoms with Crippen molar-refractivity contribution in [2.75, 3.05) is 57.1 Å². The van der Waals surface area contributed by atoms with Gasteiger partial charge >= 0.3 is 29.6 Å². The smallest absolute Gasteiger partial charge is 0.543 e. The number of hydrogen-bond donors (Lipinski definition) is 2. The molecule has 16 nitrogen and oxygen atoms in total. The predicted octanol–water partition coefficient (Wildman–Crippen LogP) is -3.53. The maximum Gasteiger partial charge on any atom is 1.00 e. The van der Waals surface area contributed by atoms with Crippen LogP contribution in [0.4, 0.5) is 5.13 Å². The number of aliphatic carboxylic acids is 1. The van der Waals surface area contributed by atoms with Gasteiger partial charge in [-0.25, -0.2) is 9.67 Å². The number of carboxylic acid groups (broad SMARTS) is 1. The first-order chi connectivity index (χ1) is 23.3. The first-order valence-corrected chi connectivity index (χ1v) is 18.1. The van der Waals surface area contributed by atoms with Gasteiger partial charge in [0.25, 0.3) is 11.8 Å². The number of anilines is 1. The summed E-state index contributed by atoms with van der Waals surface area (Å²) < 4.78 is 1.73. The molecule has 0 bridgehead atoms. The fourth-order valence-corrected chi connectivity index (χ4v) is 8.67. The first kappa shape index (κ1) is 37.2. The molecule has 2 fully saturated rings. The summed E-state index contributed by atoms with van der Waals surface area (Å²) in [6.45, 7) is 6.56. The number of carbonyl (C=O) groups excluding carboxylic acids is 3. The van der Waals surface area contributed by atoms with Crippen molar-refractivity contribution in [3.63, 3.8) is 0 Å². The Morgan fingerprint density at radius 3 is 2.61 bits per heavy atom. The molecule has 2 amide bonds. The normalized spacial score (nSPS) is 20.0. The second-order valence-corrected chi connectivity index (χ2v) is 14.2. The number of oxime groups is 1. The number of nitrogens with zero attached hydrogens (tertiary/aromatic N) is 9. The van der Waals surface area contributed by atoms with Crippen molar-refractivity contribution in [1.82, 2.24) is 45.2 Å². The molecule has 3 aromatic rings. The van der Waals surface area contributed by atoms with Crippen LogP contribution in [0.2, 0.25) is 0 Å². The molecule has 0 radical (unpaired) electrons. The standard InChI is InChI=1S/C29H35N11O5S3.Na/c1-45-34-21(20-17-47-28(30)31-20)24(41)32-22-25(42)40-23(27(43)44)19(15-46-26(22)40)16-48-29-33-35-36-39(29)9-5-8-37-10-12-38(13-11-37)14-18-6-3-2-4-7-18;/h2-4,6-7,17,22,26H,5,8-16H2,1H3,(H2,30,31)(H,32,41)(H,43,44);/q;+1/p-1/t22?,26-;/m0./s1. The number of rotatable bonds is 14. The topological polar surface area (TPSA) is 200 Å². The number of β-lactam (4-membered cyclic amide) rings is 1. The molecule has 2 saturated heterocycles. The minimum atomic E-state index is -1.46. The summed E-state index contributed by atoms with van der Waals surface area (Å²) in [5, 5.41) is 32.5. The average Bonchev–Trinajstić information content (AvgIpc) is 3.74. The average molecular weight is 736 g/mol. The second kappa shape index (κ2) is 17.3. The summed E-state index contributed by atoms with van der Waals surface area (Å²) in [5.74, 6) is -2.15. The molecule has 0 spiro atoms. The predicted molar refractivity (Wildman–Crippen MR) is 178 cm³/mol. The molecule has 0 saturated carbocycles. The number of hydrogen-bond acceptors (Lipinski definition) is 16. The Balaban J connectivity index is 0.00000468. The molecule has 3 N–H and O–H groups in total. The first-order valence-electron chi connectivity index (χ1n) is 15.2. The van der Waals surface area contributed by atoms with Crippen LogP contribution < -0.4 is 45.7 Å². The minimum Gasteiger partial charge on any atom is -0.543 e. The van der Waals surface area contributed by atoms with E-state index in [-0.39, 0.29) is 57.5 Å². The van der Waals surface area contributed by atoms with Crippen LogP contribution in [0.3, 0.4) is 0 Å². The number of aromatic nitrogens is 5. The molecule has 3 aliphatic rings. The number of benzene rings is 1. The van der Waals surface area contributed by atoms with Crippen LogP contribution in [0.15, 0.2) is 57.3 Å². The van der Waals surface area contributed by atoms with Crippen molar-refractivity contribution < 1.29 is 53.9 Å². The molecule has 1 unspecified atom stereocenters. The van der Waals surface area contributed by atoms with E-state index >= 15 is 0 Å². The molecule has 3 aliphatic heterocycles. The summed E-state index contributed by atoms with van der Waals surface area (Å²) in [7, 11) is 1.28. The van der Waals surface area contributed by atoms with Crippen molar-refractivity contribution >= 4 is 63.5 Å². The maximum absolute atomic E-state index is 13.2. The van der Waals surface area contributed by atoms with Crippen molar-refractivity contribution in [2.45, 2.75) is 36.1 Å². The monoisotopic (exact) mass is 735 g/mol. The van der Waals surface area contributed by atoms with Gasteiger partial charge in [0.2, 0.25) is 5.16 Å². The molecule has 2 aromatic heterocycles. The van der Waals surface area contributed by atoms with E-state index in [0.29, 0.717) is 23.0 Å². The number of nitrogens with one attached hydrogen (secondary N) is 1. The third-order valence-corrected chi connectivity index (χ3v) is 11.2. The summed E-state index contributed by atoms with van der Waals surface area (Å²) in [4.78, 5) is 53.4. The third-order valence-electron chi connectivity index (χ3n) is 8.12. The zero-order chi connectivity index (χ0) is 33.6. The maximum atomic E-state index is 13.2. The number of carbonyl (C=O) groups is 3. The summed E-state index contributed by atoms with van der Waals surface area (Å²) in [5.41, 5.74) is 7.39. The Kier molecular flexibility index (Phi) is 13.1. The van der Waals surface area contributed by atoms with Gasteiger partial charge in [-0.15, -0.1) is 28.2 Å². The largest absolute Gasteiger partial charge is 1.00 e. The number of thioether (sulfide) groups is 2. The van der Waals surface area contributed by atoms with E-state index in [9.17, 15) is 19.5 Å². The second-order valence-electron chi connectivity index (χ2n) is 11.2. The fraction of sp³-hybridized carbons (Fsp3) is 0.448. The molecular weight excluding hydrogens is 702 g/mol. The minimum absolute atomic E-state index is 0. The number of nitrogen functional groups attached to an aromatic ring is 1. The number of piperazine rings is 1. The fourth-order valence-electron chi connectivity index (χ4n) is 5.73. The zero-order valence-electron chi connectivity index (χ0n) is 27.1. The van der Waals surface area contributed by atoms with Gasteiger partial charge in [-0.3, -0.25) is 19.4 Å². The van der Waals surface area contributed by atoms with E-state index in [1.54, 1.807) is 10.1 Å². The Morgan fingerprint density at radius 2 is 1.92 bits per heavy atom. The van der Waals surface area contributed by atoms with Gasteiger partial charge < -0.3 is 30.7 Å². The van der Waals surface area contributed by atoms with Gasteiger partial charge in [0.05, 0.1) is 11.7 Å². The summed E-state index contributed by atoms with van der Waals surface area (Å²) in [6, 6.07) is 9.54. The van der Waals surface area contributed by atoms with Crippen molar-refractivity contribution in [3.05, 3.63) is 58.2 Å². The number of tetrazole rings is 1. The van der Waals surface area contributed by atoms with Crippen molar-refractivity contribution in [1.29, 1.82) is 0 Å². The van der Waals surface area contributed by atoms with Gasteiger partial charge in [-0.1, -0.05) is 47.2 Å². The van der Waals surface area contributed by atoms with Crippen molar-refractivity contribution in [3.8, 4) is 0 Å². The van der Waals surface area contributed by atoms with Crippen LogP contribution in [0.5, 0.6) is 0 Å². The van der Waals surface area contributed by atoms with Gasteiger partial charge in [-0.2, -0.15) is 0 Å². The quantitative estimate of drug-likeness (QED) is 0.0543. The van der Waals surface area contributed by atoms with Crippen LogP contribution in [-0.4, -0.2) is 126 Å². The van der Waals surface area contributed by atoms with Gasteiger partial charge in [0, 0.05) is 62.7 Å². The van der Waals surface area contributed by atoms with Crippen LogP contribution >= 0.6 is 34.9 Å². The number of thiazole rings is 1.